The van der Waals surface area contributed by atoms with Crippen molar-refractivity contribution in [2.45, 2.75) is 9.79 Å². The number of hydrogen-bond acceptors (Lipinski definition) is 0. The zero-order valence-electron chi connectivity index (χ0n) is 16.0. The molecule has 1 aliphatic rings. The highest BCUT2D eigenvalue weighted by Gasteiger charge is 2.31. The quantitative estimate of drug-likeness (QED) is 0.289. The first-order chi connectivity index (χ1) is 13.7. The number of aromatic nitrogens is 1. The van der Waals surface area contributed by atoms with Crippen LogP contribution in [-0.4, -0.2) is 17.1 Å². The lowest BCUT2D eigenvalue weighted by Crippen LogP contribution is -1.97. The van der Waals surface area contributed by atoms with Crippen molar-refractivity contribution in [3.63, 3.8) is 0 Å². The van der Waals surface area contributed by atoms with E-state index < -0.39 is 10.0 Å². The first-order valence-electron chi connectivity index (χ1n) is 9.62. The summed E-state index contributed by atoms with van der Waals surface area (Å²) in [5, 5.41) is 2.63. The summed E-state index contributed by atoms with van der Waals surface area (Å²) in [5.74, 6) is 0. The lowest BCUT2D eigenvalue weighted by molar-refractivity contribution is 1.16. The van der Waals surface area contributed by atoms with Gasteiger partial charge in [-0.3, -0.25) is 0 Å². The van der Waals surface area contributed by atoms with Crippen LogP contribution in [0, 0.1) is 0 Å². The lowest BCUT2D eigenvalue weighted by atomic mass is 10.1. The SMILES string of the molecule is CS1(C)c2ccccc2-c2ccc(-n3c4ccccc4c4ccccc43)cc21. The number of para-hydroxylation sites is 2. The summed E-state index contributed by atoms with van der Waals surface area (Å²) in [6, 6.07) is 33.4. The highest BCUT2D eigenvalue weighted by Crippen LogP contribution is 2.67. The van der Waals surface area contributed by atoms with Crippen molar-refractivity contribution in [2.75, 3.05) is 12.5 Å². The largest absolute Gasteiger partial charge is 0.309 e. The average Bonchev–Trinajstić information content (AvgIpc) is 3.18. The second kappa shape index (κ2) is 5.52. The minimum Gasteiger partial charge on any atom is -0.309 e. The Labute approximate surface area is 166 Å². The van der Waals surface area contributed by atoms with Gasteiger partial charge < -0.3 is 4.57 Å². The zero-order chi connectivity index (χ0) is 18.9. The van der Waals surface area contributed by atoms with E-state index in [-0.39, 0.29) is 0 Å². The molecule has 0 aliphatic carbocycles. The van der Waals surface area contributed by atoms with Gasteiger partial charge in [0.15, 0.2) is 0 Å². The van der Waals surface area contributed by atoms with Gasteiger partial charge in [-0.15, -0.1) is 0 Å². The molecule has 0 spiro atoms. The Morgan fingerprint density at radius 3 is 1.86 bits per heavy atom. The molecule has 5 aromatic rings. The molecule has 0 radical (unpaired) electrons. The summed E-state index contributed by atoms with van der Waals surface area (Å²) in [6.07, 6.45) is 4.85. The Morgan fingerprint density at radius 1 is 0.571 bits per heavy atom. The van der Waals surface area contributed by atoms with Crippen molar-refractivity contribution in [1.82, 2.24) is 4.57 Å². The number of nitrogens with zero attached hydrogens (tertiary/aromatic N) is 1. The summed E-state index contributed by atoms with van der Waals surface area (Å²) in [5.41, 5.74) is 6.61. The summed E-state index contributed by atoms with van der Waals surface area (Å²) in [4.78, 5) is 3.00. The molecule has 0 saturated carbocycles. The molecule has 6 rings (SSSR count). The second-order valence-electron chi connectivity index (χ2n) is 7.87. The normalized spacial score (nSPS) is 15.5. The molecule has 1 nitrogen and oxygen atoms in total. The Morgan fingerprint density at radius 2 is 1.14 bits per heavy atom. The smallest absolute Gasteiger partial charge is 0.0541 e. The van der Waals surface area contributed by atoms with Crippen LogP contribution in [0.1, 0.15) is 0 Å². The molecule has 0 saturated heterocycles. The second-order valence-corrected chi connectivity index (χ2v) is 11.4. The minimum absolute atomic E-state index is 0.998. The number of benzene rings is 4. The van der Waals surface area contributed by atoms with E-state index in [4.69, 9.17) is 0 Å². The molecule has 0 amide bonds. The summed E-state index contributed by atoms with van der Waals surface area (Å²) in [7, 11) is -0.998. The van der Waals surface area contributed by atoms with Crippen LogP contribution in [0.15, 0.2) is 101 Å². The molecule has 0 N–H and O–H groups in total. The lowest BCUT2D eigenvalue weighted by Gasteiger charge is -2.28. The number of fused-ring (bicyclic) bond motifs is 6. The monoisotopic (exact) mass is 379 g/mol. The van der Waals surface area contributed by atoms with Crippen LogP contribution in [0.25, 0.3) is 38.6 Å². The highest BCUT2D eigenvalue weighted by atomic mass is 32.3. The molecule has 2 heterocycles. The van der Waals surface area contributed by atoms with Crippen molar-refractivity contribution in [2.24, 2.45) is 0 Å². The van der Waals surface area contributed by atoms with Crippen molar-refractivity contribution in [3.05, 3.63) is 91.0 Å². The molecule has 28 heavy (non-hydrogen) atoms. The molecule has 136 valence electrons. The molecule has 1 aromatic heterocycles. The fourth-order valence-corrected chi connectivity index (χ4v) is 7.27. The molecular formula is C26H21NS. The van der Waals surface area contributed by atoms with Gasteiger partial charge in [0, 0.05) is 26.3 Å². The van der Waals surface area contributed by atoms with Crippen molar-refractivity contribution < 1.29 is 0 Å². The van der Waals surface area contributed by atoms with Gasteiger partial charge in [-0.05, 0) is 54.0 Å². The van der Waals surface area contributed by atoms with Crippen molar-refractivity contribution in [1.29, 1.82) is 0 Å². The van der Waals surface area contributed by atoms with Crippen LogP contribution < -0.4 is 0 Å². The third kappa shape index (κ3) is 1.99. The molecule has 0 unspecified atom stereocenters. The van der Waals surface area contributed by atoms with E-state index in [0.29, 0.717) is 0 Å². The number of rotatable bonds is 1. The van der Waals surface area contributed by atoms with E-state index in [1.54, 1.807) is 0 Å². The number of hydrogen-bond donors (Lipinski definition) is 0. The summed E-state index contributed by atoms with van der Waals surface area (Å²) < 4.78 is 2.42. The van der Waals surface area contributed by atoms with Crippen LogP contribution in [0.4, 0.5) is 0 Å². The van der Waals surface area contributed by atoms with Gasteiger partial charge in [-0.2, -0.15) is 10.0 Å². The van der Waals surface area contributed by atoms with Gasteiger partial charge in [0.25, 0.3) is 0 Å². The van der Waals surface area contributed by atoms with E-state index in [1.807, 2.05) is 0 Å². The summed E-state index contributed by atoms with van der Waals surface area (Å²) >= 11 is 0. The fourth-order valence-electron chi connectivity index (χ4n) is 4.75. The van der Waals surface area contributed by atoms with E-state index in [1.165, 1.54) is 48.4 Å². The third-order valence-corrected chi connectivity index (χ3v) is 8.97. The van der Waals surface area contributed by atoms with Crippen molar-refractivity contribution >= 4 is 31.8 Å². The average molecular weight is 380 g/mol. The van der Waals surface area contributed by atoms with Gasteiger partial charge in [-0.1, -0.05) is 60.7 Å². The molecule has 4 aromatic carbocycles. The molecule has 0 fully saturated rings. The summed E-state index contributed by atoms with van der Waals surface area (Å²) in [6.45, 7) is 0. The molecule has 1 aliphatic heterocycles. The Kier molecular flexibility index (Phi) is 3.16. The fraction of sp³-hybridized carbons (Fsp3) is 0.0769. The van der Waals surface area contributed by atoms with E-state index in [0.717, 1.165) is 0 Å². The Balaban J connectivity index is 1.68. The van der Waals surface area contributed by atoms with E-state index >= 15 is 0 Å². The Hall–Kier alpha value is -2.97. The van der Waals surface area contributed by atoms with Crippen LogP contribution >= 0.6 is 10.0 Å². The van der Waals surface area contributed by atoms with Gasteiger partial charge >= 0.3 is 0 Å². The first kappa shape index (κ1) is 16.0. The topological polar surface area (TPSA) is 4.93 Å². The predicted molar refractivity (Wildman–Crippen MR) is 122 cm³/mol. The third-order valence-electron chi connectivity index (χ3n) is 6.08. The first-order valence-corrected chi connectivity index (χ1v) is 12.1. The van der Waals surface area contributed by atoms with Gasteiger partial charge in [0.05, 0.1) is 11.0 Å². The van der Waals surface area contributed by atoms with Crippen LogP contribution in [-0.2, 0) is 0 Å². The molecular weight excluding hydrogens is 358 g/mol. The van der Waals surface area contributed by atoms with Crippen molar-refractivity contribution in [3.8, 4) is 16.8 Å². The molecule has 2 heteroatoms. The Bertz CT molecular complexity index is 1340. The minimum atomic E-state index is -0.998. The van der Waals surface area contributed by atoms with E-state index in [2.05, 4.69) is 108 Å². The highest BCUT2D eigenvalue weighted by molar-refractivity contribution is 8.33. The van der Waals surface area contributed by atoms with Gasteiger partial charge in [0.1, 0.15) is 0 Å². The molecule has 0 atom stereocenters. The maximum absolute atomic E-state index is 2.43. The van der Waals surface area contributed by atoms with Gasteiger partial charge in [0.2, 0.25) is 0 Å². The molecule has 0 bridgehead atoms. The van der Waals surface area contributed by atoms with E-state index in [9.17, 15) is 0 Å². The van der Waals surface area contributed by atoms with Crippen LogP contribution in [0.3, 0.4) is 0 Å². The van der Waals surface area contributed by atoms with Crippen LogP contribution in [0.2, 0.25) is 0 Å². The maximum atomic E-state index is 2.43. The maximum Gasteiger partial charge on any atom is 0.0541 e. The standard InChI is InChI=1S/C26H21NS/c1-28(2)25-14-8-5-11-21(25)22-16-15-18(17-26(22)28)27-23-12-6-3-9-19(23)20-10-4-7-13-24(20)27/h3-17H,1-2H3. The van der Waals surface area contributed by atoms with Crippen LogP contribution in [0.5, 0.6) is 0 Å². The van der Waals surface area contributed by atoms with Gasteiger partial charge in [-0.25, -0.2) is 0 Å². The predicted octanol–water partition coefficient (Wildman–Crippen LogP) is 7.25. The zero-order valence-corrected chi connectivity index (χ0v) is 16.8.